The van der Waals surface area contributed by atoms with Crippen molar-refractivity contribution in [1.29, 1.82) is 5.41 Å². The van der Waals surface area contributed by atoms with E-state index >= 15 is 0 Å². The lowest BCUT2D eigenvalue weighted by molar-refractivity contribution is -0.122. The number of nitrogens with one attached hydrogen (secondary N) is 2. The molecule has 0 spiro atoms. The average molecular weight is 173 g/mol. The van der Waals surface area contributed by atoms with E-state index in [-0.39, 0.29) is 0 Å². The quantitative estimate of drug-likeness (QED) is 0.328. The molecule has 11 heavy (non-hydrogen) atoms. The molecule has 0 aliphatic carbocycles. The van der Waals surface area contributed by atoms with E-state index in [9.17, 15) is 17.6 Å². The van der Waals surface area contributed by atoms with Gasteiger partial charge in [-0.3, -0.25) is 5.41 Å². The molecule has 0 aromatic heterocycles. The summed E-state index contributed by atoms with van der Waals surface area (Å²) in [6.07, 6.45) is -3.74. The van der Waals surface area contributed by atoms with Crippen LogP contribution in [-0.4, -0.2) is 24.9 Å². The van der Waals surface area contributed by atoms with Crippen LogP contribution in [-0.2, 0) is 0 Å². The minimum atomic E-state index is -4.13. The second kappa shape index (κ2) is 3.40. The highest BCUT2D eigenvalue weighted by Gasteiger charge is 2.40. The fraction of sp³-hybridized carbons (Fsp3) is 0.750. The molecule has 0 aliphatic rings. The van der Waals surface area contributed by atoms with E-state index in [4.69, 9.17) is 5.41 Å². The fourth-order valence-corrected chi connectivity index (χ4v) is 0.290. The molecule has 0 fully saturated rings. The first-order chi connectivity index (χ1) is 4.86. The van der Waals surface area contributed by atoms with Crippen molar-refractivity contribution in [3.8, 4) is 0 Å². The maximum Gasteiger partial charge on any atom is 0.324 e. The van der Waals surface area contributed by atoms with Crippen LogP contribution in [0.5, 0.6) is 0 Å². The van der Waals surface area contributed by atoms with E-state index < -0.39 is 24.9 Å². The summed E-state index contributed by atoms with van der Waals surface area (Å²) in [6.45, 7) is -1.32. The third kappa shape index (κ3) is 3.64. The lowest BCUT2D eigenvalue weighted by atomic mass is 10.3. The lowest BCUT2D eigenvalue weighted by Gasteiger charge is -2.15. The van der Waals surface area contributed by atoms with Crippen LogP contribution < -0.4 is 11.1 Å². The zero-order valence-corrected chi connectivity index (χ0v) is 5.37. The van der Waals surface area contributed by atoms with Crippen LogP contribution in [0.1, 0.15) is 0 Å². The minimum Gasteiger partial charge on any atom is -0.370 e. The number of halogens is 4. The van der Waals surface area contributed by atoms with Gasteiger partial charge in [0.1, 0.15) is 0 Å². The third-order valence-electron chi connectivity index (χ3n) is 0.834. The Bertz CT molecular complexity index is 146. The summed E-state index contributed by atoms with van der Waals surface area (Å²) in [5, 5.41) is 8.00. The topological polar surface area (TPSA) is 61.9 Å². The van der Waals surface area contributed by atoms with E-state index in [2.05, 4.69) is 5.73 Å². The molecule has 0 aromatic carbocycles. The predicted molar refractivity (Wildman–Crippen MR) is 30.9 cm³/mol. The number of nitrogens with two attached hydrogens (primary N) is 1. The number of guanidine groups is 1. The molecule has 0 aromatic rings. The van der Waals surface area contributed by atoms with Crippen molar-refractivity contribution in [2.75, 3.05) is 6.54 Å². The highest BCUT2D eigenvalue weighted by atomic mass is 19.3. The summed E-state index contributed by atoms with van der Waals surface area (Å²) >= 11 is 0. The van der Waals surface area contributed by atoms with Gasteiger partial charge in [0.05, 0.1) is 6.54 Å². The highest BCUT2D eigenvalue weighted by molar-refractivity contribution is 5.74. The van der Waals surface area contributed by atoms with Crippen molar-refractivity contribution in [2.24, 2.45) is 5.73 Å². The van der Waals surface area contributed by atoms with Gasteiger partial charge in [-0.05, 0) is 0 Å². The van der Waals surface area contributed by atoms with Crippen LogP contribution in [0.4, 0.5) is 17.6 Å². The molecule has 0 aliphatic heterocycles. The summed E-state index contributed by atoms with van der Waals surface area (Å²) in [5.74, 6) is -4.89. The Balaban J connectivity index is 3.82. The zero-order valence-electron chi connectivity index (χ0n) is 5.37. The molecule has 0 bridgehead atoms. The van der Waals surface area contributed by atoms with E-state index in [1.807, 2.05) is 0 Å². The molecule has 3 nitrogen and oxygen atoms in total. The van der Waals surface area contributed by atoms with Gasteiger partial charge >= 0.3 is 12.3 Å². The molecule has 4 N–H and O–H groups in total. The van der Waals surface area contributed by atoms with Gasteiger partial charge in [-0.1, -0.05) is 0 Å². The third-order valence-corrected chi connectivity index (χ3v) is 0.834. The molecule has 0 amide bonds. The molecular weight excluding hydrogens is 166 g/mol. The smallest absolute Gasteiger partial charge is 0.324 e. The first-order valence-electron chi connectivity index (χ1n) is 2.60. The van der Waals surface area contributed by atoms with Gasteiger partial charge in [0.15, 0.2) is 5.96 Å². The van der Waals surface area contributed by atoms with Crippen molar-refractivity contribution >= 4 is 5.96 Å². The fourth-order valence-electron chi connectivity index (χ4n) is 0.290. The molecule has 7 heteroatoms. The van der Waals surface area contributed by atoms with Crippen molar-refractivity contribution in [1.82, 2.24) is 5.32 Å². The van der Waals surface area contributed by atoms with Gasteiger partial charge < -0.3 is 11.1 Å². The summed E-state index contributed by atoms with van der Waals surface area (Å²) in [7, 11) is 0. The Labute approximate surface area is 60.1 Å². The van der Waals surface area contributed by atoms with Gasteiger partial charge in [-0.15, -0.1) is 0 Å². The highest BCUT2D eigenvalue weighted by Crippen LogP contribution is 2.21. The predicted octanol–water partition coefficient (Wildman–Crippen LogP) is 0.370. The van der Waals surface area contributed by atoms with Gasteiger partial charge in [0.25, 0.3) is 0 Å². The molecule has 0 radical (unpaired) electrons. The van der Waals surface area contributed by atoms with Crippen LogP contribution in [0.25, 0.3) is 0 Å². The Morgan fingerprint density at radius 1 is 1.55 bits per heavy atom. The SMILES string of the molecule is N=C(N)NCC(F)(F)C(F)F. The second-order valence-electron chi connectivity index (χ2n) is 1.83. The summed E-state index contributed by atoms with van der Waals surface area (Å²) in [6, 6.07) is 0. The van der Waals surface area contributed by atoms with Crippen molar-refractivity contribution < 1.29 is 17.6 Å². The number of hydrogen-bond donors (Lipinski definition) is 3. The van der Waals surface area contributed by atoms with Gasteiger partial charge in [0, 0.05) is 0 Å². The molecule has 0 atom stereocenters. The molecule has 0 saturated carbocycles. The maximum absolute atomic E-state index is 11.9. The minimum absolute atomic E-state index is 0.759. The van der Waals surface area contributed by atoms with Crippen molar-refractivity contribution in [2.45, 2.75) is 12.3 Å². The average Bonchev–Trinajstić information content (AvgIpc) is 1.84. The Morgan fingerprint density at radius 2 is 2.00 bits per heavy atom. The Kier molecular flexibility index (Phi) is 3.09. The molecule has 0 heterocycles. The molecule has 66 valence electrons. The van der Waals surface area contributed by atoms with E-state index in [0.29, 0.717) is 0 Å². The first kappa shape index (κ1) is 9.99. The van der Waals surface area contributed by atoms with Crippen LogP contribution >= 0.6 is 0 Å². The van der Waals surface area contributed by atoms with Crippen molar-refractivity contribution in [3.63, 3.8) is 0 Å². The van der Waals surface area contributed by atoms with Crippen LogP contribution in [0.2, 0.25) is 0 Å². The van der Waals surface area contributed by atoms with Crippen LogP contribution in [0.3, 0.4) is 0 Å². The molecule has 0 saturated heterocycles. The van der Waals surface area contributed by atoms with Crippen LogP contribution in [0.15, 0.2) is 0 Å². The van der Waals surface area contributed by atoms with Crippen molar-refractivity contribution in [3.05, 3.63) is 0 Å². The lowest BCUT2D eigenvalue weighted by Crippen LogP contribution is -2.43. The van der Waals surface area contributed by atoms with Crippen LogP contribution in [0, 0.1) is 5.41 Å². The van der Waals surface area contributed by atoms with Gasteiger partial charge in [0.2, 0.25) is 0 Å². The monoisotopic (exact) mass is 173 g/mol. The summed E-state index contributed by atoms with van der Waals surface area (Å²) in [5.41, 5.74) is 4.59. The molecular formula is C4H7F4N3. The first-order valence-corrected chi connectivity index (χ1v) is 2.60. The van der Waals surface area contributed by atoms with Gasteiger partial charge in [-0.25, -0.2) is 8.78 Å². The number of hydrogen-bond acceptors (Lipinski definition) is 1. The molecule has 0 rings (SSSR count). The maximum atomic E-state index is 11.9. The Hall–Kier alpha value is -1.01. The van der Waals surface area contributed by atoms with E-state index in [1.165, 1.54) is 0 Å². The number of rotatable bonds is 3. The summed E-state index contributed by atoms with van der Waals surface area (Å²) in [4.78, 5) is 0. The zero-order chi connectivity index (χ0) is 9.07. The largest absolute Gasteiger partial charge is 0.370 e. The summed E-state index contributed by atoms with van der Waals surface area (Å²) < 4.78 is 46.6. The normalized spacial score (nSPS) is 11.7. The second-order valence-corrected chi connectivity index (χ2v) is 1.83. The van der Waals surface area contributed by atoms with E-state index in [1.54, 1.807) is 5.32 Å². The molecule has 0 unspecified atom stereocenters. The van der Waals surface area contributed by atoms with E-state index in [0.717, 1.165) is 0 Å². The number of alkyl halides is 4. The Morgan fingerprint density at radius 3 is 2.27 bits per heavy atom. The standard InChI is InChI=1S/C4H7F4N3/c5-2(6)4(7,8)1-11-3(9)10/h2H,1H2,(H4,9,10,11). The van der Waals surface area contributed by atoms with Gasteiger partial charge in [-0.2, -0.15) is 8.78 Å².